The molecule has 0 saturated heterocycles. The predicted molar refractivity (Wildman–Crippen MR) is 107 cm³/mol. The summed E-state index contributed by atoms with van der Waals surface area (Å²) in [6, 6.07) is 10.5. The molecule has 1 amide bonds. The number of ether oxygens (including phenoxy) is 4. The first-order valence-corrected chi connectivity index (χ1v) is 9.26. The Balaban J connectivity index is 1.62. The van der Waals surface area contributed by atoms with E-state index in [1.807, 2.05) is 0 Å². The summed E-state index contributed by atoms with van der Waals surface area (Å²) in [5.41, 5.74) is 3.24. The molecule has 0 saturated carbocycles. The van der Waals surface area contributed by atoms with Crippen molar-refractivity contribution in [3.8, 4) is 11.5 Å². The first-order valence-electron chi connectivity index (χ1n) is 9.26. The van der Waals surface area contributed by atoms with Crippen molar-refractivity contribution in [3.63, 3.8) is 0 Å². The van der Waals surface area contributed by atoms with Gasteiger partial charge in [0.2, 0.25) is 0 Å². The fourth-order valence-corrected chi connectivity index (χ4v) is 2.54. The van der Waals surface area contributed by atoms with Crippen LogP contribution in [0.15, 0.2) is 47.6 Å². The Hall–Kier alpha value is -3.50. The summed E-state index contributed by atoms with van der Waals surface area (Å²) in [7, 11) is 0. The lowest BCUT2D eigenvalue weighted by Crippen LogP contribution is -2.17. The Morgan fingerprint density at radius 1 is 0.933 bits per heavy atom. The summed E-state index contributed by atoms with van der Waals surface area (Å²) in [4.78, 5) is 22.2. The Morgan fingerprint density at radius 3 is 2.23 bits per heavy atom. The molecule has 0 radical (unpaired) electrons. The number of nitro groups is 1. The van der Waals surface area contributed by atoms with Crippen molar-refractivity contribution in [3.05, 3.63) is 63.7 Å². The molecule has 0 unspecified atom stereocenters. The highest BCUT2D eigenvalue weighted by molar-refractivity contribution is 5.95. The van der Waals surface area contributed by atoms with Crippen molar-refractivity contribution >= 4 is 17.8 Å². The number of fused-ring (bicyclic) bond motifs is 1. The van der Waals surface area contributed by atoms with E-state index in [1.54, 1.807) is 18.2 Å². The SMILES string of the molecule is O=C(N/N=C/c1ccc2c(c1)OCCOCCOCCO2)c1ccc([N+](=O)[O-])cc1. The van der Waals surface area contributed by atoms with Gasteiger partial charge in [0.25, 0.3) is 11.6 Å². The van der Waals surface area contributed by atoms with Crippen LogP contribution in [-0.4, -0.2) is 56.7 Å². The second-order valence-corrected chi connectivity index (χ2v) is 6.13. The highest BCUT2D eigenvalue weighted by Crippen LogP contribution is 2.28. The van der Waals surface area contributed by atoms with Gasteiger partial charge in [0, 0.05) is 17.7 Å². The van der Waals surface area contributed by atoms with Crippen molar-refractivity contribution < 1.29 is 28.7 Å². The molecule has 10 nitrogen and oxygen atoms in total. The third kappa shape index (κ3) is 6.26. The molecule has 1 aliphatic heterocycles. The highest BCUT2D eigenvalue weighted by atomic mass is 16.6. The van der Waals surface area contributed by atoms with Gasteiger partial charge in [-0.05, 0) is 35.9 Å². The van der Waals surface area contributed by atoms with Gasteiger partial charge < -0.3 is 18.9 Å². The third-order valence-electron chi connectivity index (χ3n) is 4.03. The Bertz CT molecular complexity index is 900. The summed E-state index contributed by atoms with van der Waals surface area (Å²) >= 11 is 0. The van der Waals surface area contributed by atoms with Gasteiger partial charge in [-0.25, -0.2) is 5.43 Å². The number of amides is 1. The van der Waals surface area contributed by atoms with Gasteiger partial charge in [-0.3, -0.25) is 14.9 Å². The number of nitrogens with zero attached hydrogens (tertiary/aromatic N) is 2. The van der Waals surface area contributed by atoms with E-state index in [0.29, 0.717) is 56.7 Å². The van der Waals surface area contributed by atoms with Crippen LogP contribution >= 0.6 is 0 Å². The van der Waals surface area contributed by atoms with E-state index in [-0.39, 0.29) is 11.3 Å². The molecule has 0 spiro atoms. The average Bonchev–Trinajstić information content (AvgIpc) is 2.74. The van der Waals surface area contributed by atoms with Crippen LogP contribution in [-0.2, 0) is 9.47 Å². The lowest BCUT2D eigenvalue weighted by Gasteiger charge is -2.15. The summed E-state index contributed by atoms with van der Waals surface area (Å²) in [5, 5.41) is 14.6. The molecule has 0 aromatic heterocycles. The first-order chi connectivity index (χ1) is 14.6. The second kappa shape index (κ2) is 10.9. The zero-order chi connectivity index (χ0) is 21.2. The number of non-ortho nitro benzene ring substituents is 1. The van der Waals surface area contributed by atoms with Crippen molar-refractivity contribution in [2.24, 2.45) is 5.10 Å². The smallest absolute Gasteiger partial charge is 0.271 e. The zero-order valence-electron chi connectivity index (χ0n) is 16.1. The Kier molecular flexibility index (Phi) is 7.70. The number of hydrazone groups is 1. The molecular formula is C20H21N3O7. The van der Waals surface area contributed by atoms with E-state index < -0.39 is 10.8 Å². The van der Waals surface area contributed by atoms with Crippen LogP contribution in [0.3, 0.4) is 0 Å². The van der Waals surface area contributed by atoms with Crippen molar-refractivity contribution in [1.29, 1.82) is 0 Å². The van der Waals surface area contributed by atoms with Crippen LogP contribution in [0.1, 0.15) is 15.9 Å². The van der Waals surface area contributed by atoms with Crippen LogP contribution in [0.4, 0.5) is 5.69 Å². The quantitative estimate of drug-likeness (QED) is 0.461. The molecule has 3 rings (SSSR count). The number of benzene rings is 2. The van der Waals surface area contributed by atoms with E-state index in [4.69, 9.17) is 18.9 Å². The summed E-state index contributed by atoms with van der Waals surface area (Å²) in [5.74, 6) is 0.625. The molecule has 30 heavy (non-hydrogen) atoms. The van der Waals surface area contributed by atoms with Crippen LogP contribution in [0.2, 0.25) is 0 Å². The van der Waals surface area contributed by atoms with E-state index in [9.17, 15) is 14.9 Å². The summed E-state index contributed by atoms with van der Waals surface area (Å²) in [6.07, 6.45) is 1.46. The first kappa shape index (κ1) is 21.2. The minimum Gasteiger partial charge on any atom is -0.487 e. The lowest BCUT2D eigenvalue weighted by atomic mass is 10.2. The van der Waals surface area contributed by atoms with Crippen LogP contribution in [0, 0.1) is 10.1 Å². The predicted octanol–water partition coefficient (Wildman–Crippen LogP) is 2.16. The fourth-order valence-electron chi connectivity index (χ4n) is 2.54. The number of carbonyl (C=O) groups is 1. The normalized spacial score (nSPS) is 15.1. The molecule has 1 N–H and O–H groups in total. The van der Waals surface area contributed by atoms with Crippen LogP contribution in [0.5, 0.6) is 11.5 Å². The Morgan fingerprint density at radius 2 is 1.57 bits per heavy atom. The van der Waals surface area contributed by atoms with Gasteiger partial charge in [0.1, 0.15) is 13.2 Å². The van der Waals surface area contributed by atoms with Gasteiger partial charge in [0.15, 0.2) is 11.5 Å². The topological polar surface area (TPSA) is 122 Å². The van der Waals surface area contributed by atoms with Gasteiger partial charge in [-0.15, -0.1) is 0 Å². The van der Waals surface area contributed by atoms with Gasteiger partial charge >= 0.3 is 0 Å². The molecule has 10 heteroatoms. The number of hydrogen-bond donors (Lipinski definition) is 1. The maximum Gasteiger partial charge on any atom is 0.271 e. The largest absolute Gasteiger partial charge is 0.487 e. The maximum absolute atomic E-state index is 12.1. The van der Waals surface area contributed by atoms with E-state index in [2.05, 4.69) is 10.5 Å². The van der Waals surface area contributed by atoms with Gasteiger partial charge in [-0.2, -0.15) is 5.10 Å². The second-order valence-electron chi connectivity index (χ2n) is 6.13. The number of hydrogen-bond acceptors (Lipinski definition) is 8. The molecule has 2 aromatic rings. The van der Waals surface area contributed by atoms with Crippen LogP contribution in [0.25, 0.3) is 0 Å². The fraction of sp³-hybridized carbons (Fsp3) is 0.300. The molecule has 158 valence electrons. The minimum atomic E-state index is -0.530. The van der Waals surface area contributed by atoms with Crippen molar-refractivity contribution in [2.75, 3.05) is 39.6 Å². The van der Waals surface area contributed by atoms with E-state index in [1.165, 1.54) is 30.5 Å². The molecule has 2 aromatic carbocycles. The molecule has 0 fully saturated rings. The van der Waals surface area contributed by atoms with E-state index in [0.717, 1.165) is 0 Å². The van der Waals surface area contributed by atoms with Crippen LogP contribution < -0.4 is 14.9 Å². The molecule has 0 atom stereocenters. The number of rotatable bonds is 4. The number of nitrogens with one attached hydrogen (secondary N) is 1. The van der Waals surface area contributed by atoms with Crippen molar-refractivity contribution in [1.82, 2.24) is 5.43 Å². The summed E-state index contributed by atoms with van der Waals surface area (Å²) in [6.45, 7) is 2.62. The monoisotopic (exact) mass is 415 g/mol. The van der Waals surface area contributed by atoms with Gasteiger partial charge in [-0.1, -0.05) is 0 Å². The van der Waals surface area contributed by atoms with Crippen molar-refractivity contribution in [2.45, 2.75) is 0 Å². The molecule has 0 bridgehead atoms. The number of nitro benzene ring substituents is 1. The van der Waals surface area contributed by atoms with Gasteiger partial charge in [0.05, 0.1) is 37.6 Å². The Labute approximate surface area is 172 Å². The average molecular weight is 415 g/mol. The molecule has 1 aliphatic rings. The zero-order valence-corrected chi connectivity index (χ0v) is 16.1. The molecular weight excluding hydrogens is 394 g/mol. The van der Waals surface area contributed by atoms with E-state index >= 15 is 0 Å². The lowest BCUT2D eigenvalue weighted by molar-refractivity contribution is -0.384. The molecule has 1 heterocycles. The molecule has 0 aliphatic carbocycles. The summed E-state index contributed by atoms with van der Waals surface area (Å²) < 4.78 is 22.2. The minimum absolute atomic E-state index is 0.0900. The standard InChI is InChI=1S/C20H21N3O7/c24-20(16-2-4-17(5-3-16)23(25)26)22-21-14-15-1-6-18-19(13-15)30-12-10-28-8-7-27-9-11-29-18/h1-6,13-14H,7-12H2,(H,22,24)/b21-14+. The number of carbonyl (C=O) groups excluding carboxylic acids is 1. The third-order valence-corrected chi connectivity index (χ3v) is 4.03. The highest BCUT2D eigenvalue weighted by Gasteiger charge is 2.10. The maximum atomic E-state index is 12.1.